The molecule has 5 nitrogen and oxygen atoms in total. The highest BCUT2D eigenvalue weighted by Gasteiger charge is 2.12. The molecule has 2 aromatic carbocycles. The molecule has 116 valence electrons. The van der Waals surface area contributed by atoms with E-state index in [1.54, 1.807) is 41.1 Å². The smallest absolute Gasteiger partial charge is 0.214 e. The molecule has 0 aliphatic carbocycles. The zero-order chi connectivity index (χ0) is 16.2. The number of nitrogens with zero attached hydrogens (tertiary/aromatic N) is 4. The Hall–Kier alpha value is -1.89. The maximum Gasteiger partial charge on any atom is 0.214 e. The predicted octanol–water partition coefficient (Wildman–Crippen LogP) is 3.94. The van der Waals surface area contributed by atoms with Crippen molar-refractivity contribution in [3.05, 3.63) is 64.1 Å². The van der Waals surface area contributed by atoms with Crippen LogP contribution in [0.4, 0.5) is 0 Å². The third-order valence-electron chi connectivity index (χ3n) is 3.01. The Morgan fingerprint density at radius 3 is 2.26 bits per heavy atom. The summed E-state index contributed by atoms with van der Waals surface area (Å²) in [5, 5.41) is 13.3. The minimum Gasteiger partial charge on any atom is -0.293 e. The highest BCUT2D eigenvalue weighted by atomic mass is 35.5. The van der Waals surface area contributed by atoms with E-state index in [9.17, 15) is 4.79 Å². The van der Waals surface area contributed by atoms with Crippen LogP contribution in [-0.4, -0.2) is 31.7 Å². The van der Waals surface area contributed by atoms with Crippen molar-refractivity contribution in [3.63, 3.8) is 0 Å². The molecule has 0 amide bonds. The largest absolute Gasteiger partial charge is 0.293 e. The fourth-order valence-electron chi connectivity index (χ4n) is 1.86. The first-order valence-electron chi connectivity index (χ1n) is 6.59. The number of carbonyl (C=O) groups excluding carboxylic acids is 1. The third kappa shape index (κ3) is 3.90. The molecular formula is C15H10Cl2N4OS. The molecule has 0 fully saturated rings. The normalized spacial score (nSPS) is 10.7. The number of Topliss-reactive ketones (excluding diaryl/α,β-unsaturated/α-hetero) is 1. The van der Waals surface area contributed by atoms with E-state index in [1.165, 1.54) is 11.8 Å². The summed E-state index contributed by atoms with van der Waals surface area (Å²) in [6.45, 7) is 0. The van der Waals surface area contributed by atoms with Gasteiger partial charge in [-0.25, -0.2) is 0 Å². The van der Waals surface area contributed by atoms with Gasteiger partial charge in [0.25, 0.3) is 0 Å². The fraction of sp³-hybridized carbons (Fsp3) is 0.0667. The number of hydrogen-bond donors (Lipinski definition) is 0. The monoisotopic (exact) mass is 364 g/mol. The number of benzene rings is 2. The SMILES string of the molecule is O=C(CSc1nnnn1-c1ccc(Cl)cc1)c1ccc(Cl)cc1. The van der Waals surface area contributed by atoms with Gasteiger partial charge in [0.1, 0.15) is 0 Å². The Balaban J connectivity index is 1.72. The van der Waals surface area contributed by atoms with E-state index < -0.39 is 0 Å². The highest BCUT2D eigenvalue weighted by Crippen LogP contribution is 2.21. The zero-order valence-corrected chi connectivity index (χ0v) is 14.0. The van der Waals surface area contributed by atoms with Gasteiger partial charge in [0.15, 0.2) is 5.78 Å². The molecule has 0 aliphatic heterocycles. The molecule has 23 heavy (non-hydrogen) atoms. The van der Waals surface area contributed by atoms with Crippen LogP contribution in [0, 0.1) is 0 Å². The second-order valence-electron chi connectivity index (χ2n) is 4.57. The lowest BCUT2D eigenvalue weighted by atomic mass is 10.1. The van der Waals surface area contributed by atoms with Gasteiger partial charge in [-0.05, 0) is 59.0 Å². The molecule has 0 spiro atoms. The first kappa shape index (κ1) is 16.0. The summed E-state index contributed by atoms with van der Waals surface area (Å²) in [5.41, 5.74) is 1.38. The van der Waals surface area contributed by atoms with Crippen LogP contribution in [0.2, 0.25) is 10.0 Å². The van der Waals surface area contributed by atoms with Crippen molar-refractivity contribution in [2.24, 2.45) is 0 Å². The fourth-order valence-corrected chi connectivity index (χ4v) is 2.90. The minimum atomic E-state index is -0.0164. The molecule has 0 bridgehead atoms. The first-order valence-corrected chi connectivity index (χ1v) is 8.33. The van der Waals surface area contributed by atoms with Crippen molar-refractivity contribution in [3.8, 4) is 5.69 Å². The quantitative estimate of drug-likeness (QED) is 0.506. The van der Waals surface area contributed by atoms with Gasteiger partial charge < -0.3 is 0 Å². The Morgan fingerprint density at radius 2 is 1.61 bits per heavy atom. The highest BCUT2D eigenvalue weighted by molar-refractivity contribution is 7.99. The van der Waals surface area contributed by atoms with Crippen LogP contribution in [0.3, 0.4) is 0 Å². The molecule has 0 unspecified atom stereocenters. The summed E-state index contributed by atoms with van der Waals surface area (Å²) in [6, 6.07) is 13.9. The van der Waals surface area contributed by atoms with Crippen molar-refractivity contribution in [2.75, 3.05) is 5.75 Å². The molecule has 3 aromatic rings. The minimum absolute atomic E-state index is 0.0164. The van der Waals surface area contributed by atoms with Gasteiger partial charge in [-0.1, -0.05) is 35.0 Å². The summed E-state index contributed by atoms with van der Waals surface area (Å²) < 4.78 is 1.57. The molecule has 0 saturated heterocycles. The van der Waals surface area contributed by atoms with Crippen LogP contribution in [0.25, 0.3) is 5.69 Å². The third-order valence-corrected chi connectivity index (χ3v) is 4.43. The maximum atomic E-state index is 12.2. The van der Waals surface area contributed by atoms with E-state index in [1.807, 2.05) is 12.1 Å². The number of halogens is 2. The summed E-state index contributed by atoms with van der Waals surface area (Å²) in [5.74, 6) is 0.215. The number of rotatable bonds is 5. The van der Waals surface area contributed by atoms with Crippen LogP contribution in [0.5, 0.6) is 0 Å². The van der Waals surface area contributed by atoms with Crippen molar-refractivity contribution < 1.29 is 4.79 Å². The molecule has 1 heterocycles. The van der Waals surface area contributed by atoms with E-state index in [0.717, 1.165) is 5.69 Å². The number of hydrogen-bond acceptors (Lipinski definition) is 5. The molecule has 8 heteroatoms. The van der Waals surface area contributed by atoms with E-state index in [0.29, 0.717) is 20.8 Å². The lowest BCUT2D eigenvalue weighted by Gasteiger charge is -2.04. The van der Waals surface area contributed by atoms with Crippen molar-refractivity contribution in [1.82, 2.24) is 20.2 Å². The van der Waals surface area contributed by atoms with Crippen LogP contribution >= 0.6 is 35.0 Å². The van der Waals surface area contributed by atoms with Gasteiger partial charge in [-0.15, -0.1) is 5.10 Å². The van der Waals surface area contributed by atoms with Crippen LogP contribution in [0.1, 0.15) is 10.4 Å². The Labute approximate surface area is 146 Å². The van der Waals surface area contributed by atoms with Crippen molar-refractivity contribution >= 4 is 40.7 Å². The van der Waals surface area contributed by atoms with E-state index in [2.05, 4.69) is 15.5 Å². The molecule has 0 radical (unpaired) electrons. The summed E-state index contributed by atoms with van der Waals surface area (Å²) in [6.07, 6.45) is 0. The Kier molecular flexibility index (Phi) is 4.95. The van der Waals surface area contributed by atoms with Crippen LogP contribution in [-0.2, 0) is 0 Å². The Bertz CT molecular complexity index is 818. The van der Waals surface area contributed by atoms with Crippen LogP contribution in [0.15, 0.2) is 53.7 Å². The Morgan fingerprint density at radius 1 is 1.00 bits per heavy atom. The first-order chi connectivity index (χ1) is 11.1. The molecule has 0 saturated carbocycles. The topological polar surface area (TPSA) is 60.7 Å². The second kappa shape index (κ2) is 7.12. The molecular weight excluding hydrogens is 355 g/mol. The summed E-state index contributed by atoms with van der Waals surface area (Å²) in [7, 11) is 0. The van der Waals surface area contributed by atoms with E-state index >= 15 is 0 Å². The molecule has 1 aromatic heterocycles. The maximum absolute atomic E-state index is 12.2. The van der Waals surface area contributed by atoms with Crippen LogP contribution < -0.4 is 0 Å². The number of carbonyl (C=O) groups is 1. The number of ketones is 1. The van der Waals surface area contributed by atoms with Gasteiger partial charge in [-0.3, -0.25) is 4.79 Å². The average molecular weight is 365 g/mol. The molecule has 0 N–H and O–H groups in total. The van der Waals surface area contributed by atoms with Crippen molar-refractivity contribution in [1.29, 1.82) is 0 Å². The van der Waals surface area contributed by atoms with Crippen molar-refractivity contribution in [2.45, 2.75) is 5.16 Å². The van der Waals surface area contributed by atoms with Gasteiger partial charge in [0, 0.05) is 15.6 Å². The lowest BCUT2D eigenvalue weighted by Crippen LogP contribution is -2.04. The van der Waals surface area contributed by atoms with Gasteiger partial charge in [0.2, 0.25) is 5.16 Å². The van der Waals surface area contributed by atoms with E-state index in [-0.39, 0.29) is 11.5 Å². The number of thioether (sulfide) groups is 1. The number of tetrazole rings is 1. The van der Waals surface area contributed by atoms with E-state index in [4.69, 9.17) is 23.2 Å². The van der Waals surface area contributed by atoms with Gasteiger partial charge in [0.05, 0.1) is 11.4 Å². The second-order valence-corrected chi connectivity index (χ2v) is 6.38. The predicted molar refractivity (Wildman–Crippen MR) is 90.7 cm³/mol. The summed E-state index contributed by atoms with van der Waals surface area (Å²) in [4.78, 5) is 12.2. The average Bonchev–Trinajstić information content (AvgIpc) is 3.02. The van der Waals surface area contributed by atoms with Gasteiger partial charge in [-0.2, -0.15) is 4.68 Å². The summed E-state index contributed by atoms with van der Waals surface area (Å²) >= 11 is 13.0. The molecule has 0 aliphatic rings. The van der Waals surface area contributed by atoms with Gasteiger partial charge >= 0.3 is 0 Å². The zero-order valence-electron chi connectivity index (χ0n) is 11.7. The lowest BCUT2D eigenvalue weighted by molar-refractivity contribution is 0.102. The molecule has 0 atom stereocenters. The standard InChI is InChI=1S/C15H10Cl2N4OS/c16-11-3-1-10(2-4-11)14(22)9-23-15-18-19-20-21(15)13-7-5-12(17)6-8-13/h1-8H,9H2. The molecule has 3 rings (SSSR count). The number of aromatic nitrogens is 4.